The molecule has 0 bridgehead atoms. The Hall–Kier alpha value is -2.07. The lowest BCUT2D eigenvalue weighted by molar-refractivity contribution is -0.137. The fourth-order valence-electron chi connectivity index (χ4n) is 2.28. The molecule has 0 aliphatic rings. The topological polar surface area (TPSA) is 66.5 Å². The zero-order chi connectivity index (χ0) is 20.2. The van der Waals surface area contributed by atoms with E-state index in [-0.39, 0.29) is 17.8 Å². The maximum atomic E-state index is 12.7. The normalized spacial score (nSPS) is 11.9. The van der Waals surface area contributed by atoms with E-state index in [1.54, 1.807) is 18.2 Å². The van der Waals surface area contributed by atoms with Gasteiger partial charge in [0.05, 0.1) is 17.5 Å². The molecule has 0 aromatic heterocycles. The highest BCUT2D eigenvalue weighted by Crippen LogP contribution is 2.29. The van der Waals surface area contributed by atoms with Crippen molar-refractivity contribution in [1.29, 1.82) is 0 Å². The van der Waals surface area contributed by atoms with Crippen molar-refractivity contribution in [3.8, 4) is 0 Å². The fourth-order valence-corrected chi connectivity index (χ4v) is 3.76. The van der Waals surface area contributed by atoms with Crippen LogP contribution in [0.25, 0.3) is 0 Å². The van der Waals surface area contributed by atoms with Crippen LogP contribution < -0.4 is 9.62 Å². The summed E-state index contributed by atoms with van der Waals surface area (Å²) in [4.78, 5) is 12.2. The van der Waals surface area contributed by atoms with Crippen LogP contribution in [0.2, 0.25) is 0 Å². The second-order valence-corrected chi connectivity index (χ2v) is 8.46. The Balaban J connectivity index is 2.10. The lowest BCUT2D eigenvalue weighted by atomic mass is 10.1. The maximum absolute atomic E-state index is 12.7. The average Bonchev–Trinajstić information content (AvgIpc) is 2.57. The van der Waals surface area contributed by atoms with Gasteiger partial charge in [0.25, 0.3) is 0 Å². The maximum Gasteiger partial charge on any atom is 0.416 e. The van der Waals surface area contributed by atoms with Crippen molar-refractivity contribution in [3.63, 3.8) is 0 Å². The number of carbonyl (C=O) groups is 1. The van der Waals surface area contributed by atoms with Gasteiger partial charge >= 0.3 is 6.18 Å². The van der Waals surface area contributed by atoms with E-state index in [0.29, 0.717) is 4.47 Å². The number of alkyl halides is 3. The monoisotopic (exact) mass is 464 g/mol. The Kier molecular flexibility index (Phi) is 6.53. The van der Waals surface area contributed by atoms with Gasteiger partial charge in [0, 0.05) is 11.0 Å². The number of halogens is 4. The van der Waals surface area contributed by atoms with Crippen molar-refractivity contribution >= 4 is 37.5 Å². The third-order valence-electron chi connectivity index (χ3n) is 3.55. The number of nitrogens with zero attached hydrogens (tertiary/aromatic N) is 1. The molecular weight excluding hydrogens is 449 g/mol. The van der Waals surface area contributed by atoms with Gasteiger partial charge in [-0.3, -0.25) is 9.10 Å². The van der Waals surface area contributed by atoms with Crippen molar-refractivity contribution in [3.05, 3.63) is 64.1 Å². The molecule has 0 saturated carbocycles. The van der Waals surface area contributed by atoms with Gasteiger partial charge in [0.15, 0.2) is 0 Å². The molecule has 0 fully saturated rings. The first-order valence-electron chi connectivity index (χ1n) is 7.63. The second kappa shape index (κ2) is 8.30. The molecule has 2 rings (SSSR count). The van der Waals surface area contributed by atoms with Crippen LogP contribution in [-0.4, -0.2) is 27.1 Å². The number of hydrogen-bond acceptors (Lipinski definition) is 3. The minimum Gasteiger partial charge on any atom is -0.350 e. The summed E-state index contributed by atoms with van der Waals surface area (Å²) < 4.78 is 63.7. The molecule has 0 aliphatic carbocycles. The molecule has 2 aromatic carbocycles. The van der Waals surface area contributed by atoms with Gasteiger partial charge in [-0.25, -0.2) is 8.42 Å². The second-order valence-electron chi connectivity index (χ2n) is 5.70. The highest BCUT2D eigenvalue weighted by atomic mass is 79.9. The van der Waals surface area contributed by atoms with Gasteiger partial charge in [0.2, 0.25) is 15.9 Å². The highest BCUT2D eigenvalue weighted by molar-refractivity contribution is 9.10. The van der Waals surface area contributed by atoms with Gasteiger partial charge < -0.3 is 5.32 Å². The summed E-state index contributed by atoms with van der Waals surface area (Å²) in [6.07, 6.45) is -3.51. The highest BCUT2D eigenvalue weighted by Gasteiger charge is 2.30. The molecule has 0 unspecified atom stereocenters. The fraction of sp³-hybridized carbons (Fsp3) is 0.235. The molecule has 0 saturated heterocycles. The molecular formula is C17H16BrF3N2O3S. The summed E-state index contributed by atoms with van der Waals surface area (Å²) >= 11 is 3.24. The first kappa shape index (κ1) is 21.2. The van der Waals surface area contributed by atoms with Crippen LogP contribution in [0.15, 0.2) is 53.0 Å². The van der Waals surface area contributed by atoms with Crippen molar-refractivity contribution in [2.75, 3.05) is 17.1 Å². The molecule has 27 heavy (non-hydrogen) atoms. The number of para-hydroxylation sites is 1. The molecule has 2 aromatic rings. The van der Waals surface area contributed by atoms with Crippen LogP contribution in [0.5, 0.6) is 0 Å². The third-order valence-corrected chi connectivity index (χ3v) is 5.35. The van der Waals surface area contributed by atoms with Crippen LogP contribution in [0.1, 0.15) is 11.1 Å². The summed E-state index contributed by atoms with van der Waals surface area (Å²) in [6, 6.07) is 11.0. The van der Waals surface area contributed by atoms with Crippen LogP contribution in [0.4, 0.5) is 18.9 Å². The molecule has 0 atom stereocenters. The largest absolute Gasteiger partial charge is 0.416 e. The van der Waals surface area contributed by atoms with E-state index in [1.807, 2.05) is 0 Å². The number of carbonyl (C=O) groups excluding carboxylic acids is 1. The Morgan fingerprint density at radius 1 is 1.15 bits per heavy atom. The molecule has 1 amide bonds. The standard InChI is InChI=1S/C17H16BrF3N2O3S/c1-27(25,26)23(15-8-3-2-7-14(15)18)11-16(24)22-10-12-5-4-6-13(9-12)17(19,20)21/h2-9H,10-11H2,1H3,(H,22,24). The minimum absolute atomic E-state index is 0.156. The summed E-state index contributed by atoms with van der Waals surface area (Å²) in [6.45, 7) is -0.656. The number of hydrogen-bond donors (Lipinski definition) is 1. The predicted octanol–water partition coefficient (Wildman–Crippen LogP) is 3.55. The number of benzene rings is 2. The molecule has 10 heteroatoms. The number of rotatable bonds is 6. The molecule has 146 valence electrons. The Bertz CT molecular complexity index is 933. The Morgan fingerprint density at radius 3 is 2.41 bits per heavy atom. The molecule has 0 spiro atoms. The number of anilines is 1. The number of sulfonamides is 1. The van der Waals surface area contributed by atoms with Crippen LogP contribution in [0, 0.1) is 0 Å². The minimum atomic E-state index is -4.48. The molecule has 1 N–H and O–H groups in total. The van der Waals surface area contributed by atoms with E-state index < -0.39 is 34.2 Å². The number of nitrogens with one attached hydrogen (secondary N) is 1. The summed E-state index contributed by atoms with van der Waals surface area (Å²) in [7, 11) is -3.75. The lowest BCUT2D eigenvalue weighted by Gasteiger charge is -2.23. The first-order valence-corrected chi connectivity index (χ1v) is 10.3. The summed E-state index contributed by atoms with van der Waals surface area (Å²) in [5, 5.41) is 2.44. The summed E-state index contributed by atoms with van der Waals surface area (Å²) in [5.41, 5.74) is -0.278. The van der Waals surface area contributed by atoms with E-state index in [1.165, 1.54) is 18.2 Å². The van der Waals surface area contributed by atoms with Gasteiger partial charge in [-0.15, -0.1) is 0 Å². The van der Waals surface area contributed by atoms with E-state index in [4.69, 9.17) is 0 Å². The number of amides is 1. The zero-order valence-corrected chi connectivity index (χ0v) is 16.5. The SMILES string of the molecule is CS(=O)(=O)N(CC(=O)NCc1cccc(C(F)(F)F)c1)c1ccccc1Br. The molecule has 5 nitrogen and oxygen atoms in total. The summed E-state index contributed by atoms with van der Waals surface area (Å²) in [5.74, 6) is -0.645. The molecule has 0 heterocycles. The molecule has 0 aliphatic heterocycles. The van der Waals surface area contributed by atoms with E-state index in [0.717, 1.165) is 22.7 Å². The van der Waals surface area contributed by atoms with Gasteiger partial charge in [0.1, 0.15) is 6.54 Å². The van der Waals surface area contributed by atoms with Crippen molar-refractivity contribution in [2.24, 2.45) is 0 Å². The Labute approximate surface area is 163 Å². The average molecular weight is 465 g/mol. The third kappa shape index (κ3) is 5.96. The Morgan fingerprint density at radius 2 is 1.81 bits per heavy atom. The van der Waals surface area contributed by atoms with Gasteiger partial charge in [-0.05, 0) is 45.8 Å². The van der Waals surface area contributed by atoms with Crippen molar-refractivity contribution in [2.45, 2.75) is 12.7 Å². The van der Waals surface area contributed by atoms with Gasteiger partial charge in [-0.1, -0.05) is 24.3 Å². The van der Waals surface area contributed by atoms with Crippen LogP contribution in [0.3, 0.4) is 0 Å². The van der Waals surface area contributed by atoms with E-state index in [9.17, 15) is 26.4 Å². The van der Waals surface area contributed by atoms with Crippen molar-refractivity contribution in [1.82, 2.24) is 5.32 Å². The van der Waals surface area contributed by atoms with Gasteiger partial charge in [-0.2, -0.15) is 13.2 Å². The van der Waals surface area contributed by atoms with Crippen LogP contribution in [-0.2, 0) is 27.5 Å². The van der Waals surface area contributed by atoms with E-state index >= 15 is 0 Å². The van der Waals surface area contributed by atoms with Crippen LogP contribution >= 0.6 is 15.9 Å². The lowest BCUT2D eigenvalue weighted by Crippen LogP contribution is -2.40. The quantitative estimate of drug-likeness (QED) is 0.710. The first-order chi connectivity index (χ1) is 12.5. The molecule has 0 radical (unpaired) electrons. The predicted molar refractivity (Wildman–Crippen MR) is 99.6 cm³/mol. The smallest absolute Gasteiger partial charge is 0.350 e. The zero-order valence-electron chi connectivity index (χ0n) is 14.1. The van der Waals surface area contributed by atoms with E-state index in [2.05, 4.69) is 21.2 Å². The van der Waals surface area contributed by atoms with Crippen molar-refractivity contribution < 1.29 is 26.4 Å².